The summed E-state index contributed by atoms with van der Waals surface area (Å²) in [4.78, 5) is 25.2. The average molecular weight is 425 g/mol. The van der Waals surface area contributed by atoms with Crippen LogP contribution in [0.5, 0.6) is 0 Å². The van der Waals surface area contributed by atoms with Gasteiger partial charge in [0, 0.05) is 18.4 Å². The highest BCUT2D eigenvalue weighted by Gasteiger charge is 2.60. The first-order valence-electron chi connectivity index (χ1n) is 13.0. The van der Waals surface area contributed by atoms with Crippen molar-refractivity contribution in [1.82, 2.24) is 0 Å². The molecule has 4 rings (SSSR count). The Labute approximate surface area is 190 Å². The Balaban J connectivity index is 1.53. The fourth-order valence-corrected chi connectivity index (χ4v) is 8.72. The van der Waals surface area contributed by atoms with Crippen LogP contribution < -0.4 is 0 Å². The topological polar surface area (TPSA) is 34.1 Å². The summed E-state index contributed by atoms with van der Waals surface area (Å²) in [5.41, 5.74) is 2.81. The molecule has 0 aromatic rings. The number of carbonyl (C=O) groups excluding carboxylic acids is 2. The molecule has 0 radical (unpaired) electrons. The summed E-state index contributed by atoms with van der Waals surface area (Å²) in [6.07, 6.45) is 14.0. The van der Waals surface area contributed by atoms with E-state index in [1.54, 1.807) is 11.6 Å². The summed E-state index contributed by atoms with van der Waals surface area (Å²) >= 11 is 0. The molecule has 0 aromatic heterocycles. The van der Waals surface area contributed by atoms with Crippen molar-refractivity contribution >= 4 is 11.6 Å². The first-order chi connectivity index (χ1) is 14.6. The predicted molar refractivity (Wildman–Crippen MR) is 128 cm³/mol. The fraction of sp³-hybridized carbons (Fsp3) is 0.793. The Hall–Kier alpha value is -1.18. The number of hydrogen-bond donors (Lipinski definition) is 0. The van der Waals surface area contributed by atoms with Gasteiger partial charge in [-0.05, 0) is 104 Å². The molecule has 2 nitrogen and oxygen atoms in total. The molecule has 3 saturated carbocycles. The van der Waals surface area contributed by atoms with Gasteiger partial charge in [0.25, 0.3) is 0 Å². The van der Waals surface area contributed by atoms with Crippen molar-refractivity contribution in [3.8, 4) is 0 Å². The Morgan fingerprint density at radius 1 is 1.10 bits per heavy atom. The second-order valence-corrected chi connectivity index (χ2v) is 12.2. The molecular formula is C29H44O2. The zero-order valence-corrected chi connectivity index (χ0v) is 20.8. The number of Topliss-reactive ketones (excluding diaryl/α,β-unsaturated/α-hetero) is 1. The van der Waals surface area contributed by atoms with E-state index >= 15 is 0 Å². The second-order valence-electron chi connectivity index (χ2n) is 12.2. The van der Waals surface area contributed by atoms with Crippen LogP contribution in [0.1, 0.15) is 99.3 Å². The molecule has 172 valence electrons. The summed E-state index contributed by atoms with van der Waals surface area (Å²) in [5.74, 6) is 4.44. The summed E-state index contributed by atoms with van der Waals surface area (Å²) in [6, 6.07) is 0. The number of carbonyl (C=O) groups is 2. The van der Waals surface area contributed by atoms with Crippen molar-refractivity contribution in [2.45, 2.75) is 99.3 Å². The van der Waals surface area contributed by atoms with Crippen LogP contribution in [0, 0.1) is 46.3 Å². The van der Waals surface area contributed by atoms with Gasteiger partial charge in [0.15, 0.2) is 11.6 Å². The normalized spacial score (nSPS) is 41.5. The zero-order chi connectivity index (χ0) is 22.6. The first-order valence-corrected chi connectivity index (χ1v) is 13.0. The van der Waals surface area contributed by atoms with E-state index < -0.39 is 0 Å². The maximum Gasteiger partial charge on any atom is 0.159 e. The molecule has 0 amide bonds. The van der Waals surface area contributed by atoms with Crippen LogP contribution in [0.3, 0.4) is 0 Å². The van der Waals surface area contributed by atoms with Gasteiger partial charge >= 0.3 is 0 Å². The van der Waals surface area contributed by atoms with Crippen molar-refractivity contribution in [2.75, 3.05) is 0 Å². The largest absolute Gasteiger partial charge is 0.295 e. The molecule has 3 fully saturated rings. The van der Waals surface area contributed by atoms with Crippen molar-refractivity contribution in [1.29, 1.82) is 0 Å². The summed E-state index contributed by atoms with van der Waals surface area (Å²) in [7, 11) is 0. The molecule has 0 aromatic carbocycles. The minimum atomic E-state index is -0.0585. The molecule has 2 heteroatoms. The summed E-state index contributed by atoms with van der Waals surface area (Å²) in [5, 5.41) is 0. The molecule has 4 aliphatic rings. The molecular weight excluding hydrogens is 380 g/mol. The van der Waals surface area contributed by atoms with Crippen LogP contribution in [0.2, 0.25) is 0 Å². The summed E-state index contributed by atoms with van der Waals surface area (Å²) < 4.78 is 0. The fourth-order valence-electron chi connectivity index (χ4n) is 8.72. The lowest BCUT2D eigenvalue weighted by molar-refractivity contribution is -0.131. The molecule has 0 heterocycles. The first kappa shape index (κ1) is 23.0. The van der Waals surface area contributed by atoms with Gasteiger partial charge in [0.1, 0.15) is 0 Å². The van der Waals surface area contributed by atoms with Crippen LogP contribution in [-0.4, -0.2) is 11.6 Å². The third-order valence-corrected chi connectivity index (χ3v) is 10.5. The van der Waals surface area contributed by atoms with Gasteiger partial charge in [-0.1, -0.05) is 46.3 Å². The third kappa shape index (κ3) is 3.70. The Morgan fingerprint density at radius 3 is 2.52 bits per heavy atom. The Morgan fingerprint density at radius 2 is 1.84 bits per heavy atom. The van der Waals surface area contributed by atoms with E-state index in [1.165, 1.54) is 38.5 Å². The quantitative estimate of drug-likeness (QED) is 0.433. The second kappa shape index (κ2) is 8.31. The van der Waals surface area contributed by atoms with E-state index in [2.05, 4.69) is 47.6 Å². The molecule has 7 atom stereocenters. The van der Waals surface area contributed by atoms with E-state index in [4.69, 9.17) is 0 Å². The monoisotopic (exact) mass is 424 g/mol. The van der Waals surface area contributed by atoms with Crippen molar-refractivity contribution in [2.24, 2.45) is 46.3 Å². The molecule has 0 saturated heterocycles. The van der Waals surface area contributed by atoms with E-state index in [1.807, 2.05) is 0 Å². The average Bonchev–Trinajstić information content (AvgIpc) is 3.07. The number of rotatable bonds is 5. The van der Waals surface area contributed by atoms with Crippen molar-refractivity contribution < 1.29 is 9.59 Å². The SMILES string of the molecule is CC=C(CCC(C)C1CCC2C3CC(=O)C4=CC(=O)CCC4(C)C3CCC12C)C(C)C. The number of ketones is 2. The molecule has 7 unspecified atom stereocenters. The maximum absolute atomic E-state index is 13.2. The predicted octanol–water partition coefficient (Wildman–Crippen LogP) is 7.33. The molecule has 0 spiro atoms. The highest BCUT2D eigenvalue weighted by molar-refractivity contribution is 6.05. The highest BCUT2D eigenvalue weighted by Crippen LogP contribution is 2.67. The van der Waals surface area contributed by atoms with Gasteiger partial charge in [-0.3, -0.25) is 9.59 Å². The standard InChI is InChI=1S/C29H44O2/c1-7-20(18(2)3)9-8-19(4)23-10-11-24-22-17-27(31)26-16-21(30)12-14-29(26,6)25(22)13-15-28(23,24)5/h7,16,18-19,22-25H,8-15,17H2,1-6H3. The minimum Gasteiger partial charge on any atom is -0.295 e. The van der Waals surface area contributed by atoms with Gasteiger partial charge in [0.2, 0.25) is 0 Å². The number of hydrogen-bond acceptors (Lipinski definition) is 2. The minimum absolute atomic E-state index is 0.0585. The zero-order valence-electron chi connectivity index (χ0n) is 20.8. The van der Waals surface area contributed by atoms with Crippen molar-refractivity contribution in [3.63, 3.8) is 0 Å². The van der Waals surface area contributed by atoms with Gasteiger partial charge in [-0.2, -0.15) is 0 Å². The molecule has 0 aliphatic heterocycles. The van der Waals surface area contributed by atoms with Gasteiger partial charge < -0.3 is 0 Å². The van der Waals surface area contributed by atoms with Crippen LogP contribution in [-0.2, 0) is 9.59 Å². The molecule has 31 heavy (non-hydrogen) atoms. The van der Waals surface area contributed by atoms with Crippen LogP contribution in [0.4, 0.5) is 0 Å². The Bertz CT molecular complexity index is 802. The lowest BCUT2D eigenvalue weighted by atomic mass is 9.46. The van der Waals surface area contributed by atoms with E-state index in [-0.39, 0.29) is 17.0 Å². The number of allylic oxidation sites excluding steroid dienone is 3. The maximum atomic E-state index is 13.2. The van der Waals surface area contributed by atoms with E-state index in [0.29, 0.717) is 41.9 Å². The Kier molecular flexibility index (Phi) is 6.16. The molecule has 4 aliphatic carbocycles. The van der Waals surface area contributed by atoms with Crippen LogP contribution in [0.25, 0.3) is 0 Å². The highest BCUT2D eigenvalue weighted by atomic mass is 16.1. The van der Waals surface area contributed by atoms with Gasteiger partial charge in [-0.25, -0.2) is 0 Å². The lowest BCUT2D eigenvalue weighted by Crippen LogP contribution is -2.53. The van der Waals surface area contributed by atoms with Gasteiger partial charge in [-0.15, -0.1) is 0 Å². The molecule has 0 bridgehead atoms. The van der Waals surface area contributed by atoms with Crippen LogP contribution >= 0.6 is 0 Å². The van der Waals surface area contributed by atoms with E-state index in [0.717, 1.165) is 23.8 Å². The van der Waals surface area contributed by atoms with Crippen molar-refractivity contribution in [3.05, 3.63) is 23.3 Å². The van der Waals surface area contributed by atoms with Gasteiger partial charge in [0.05, 0.1) is 0 Å². The van der Waals surface area contributed by atoms with Crippen LogP contribution in [0.15, 0.2) is 23.3 Å². The smallest absolute Gasteiger partial charge is 0.159 e. The summed E-state index contributed by atoms with van der Waals surface area (Å²) in [6.45, 7) is 14.2. The lowest BCUT2D eigenvalue weighted by Gasteiger charge is -2.57. The molecule has 0 N–H and O–H groups in total. The van der Waals surface area contributed by atoms with E-state index in [9.17, 15) is 9.59 Å². The third-order valence-electron chi connectivity index (χ3n) is 10.5. The number of fused-ring (bicyclic) bond motifs is 5.